The molecule has 0 amide bonds. The van der Waals surface area contributed by atoms with Crippen molar-refractivity contribution in [3.63, 3.8) is 0 Å². The summed E-state index contributed by atoms with van der Waals surface area (Å²) >= 11 is 3.48. The predicted octanol–water partition coefficient (Wildman–Crippen LogP) is 3.72. The maximum absolute atomic E-state index is 6.06. The van der Waals surface area contributed by atoms with Gasteiger partial charge in [-0.1, -0.05) is 15.9 Å². The highest BCUT2D eigenvalue weighted by atomic mass is 79.9. The van der Waals surface area contributed by atoms with E-state index >= 15 is 0 Å². The van der Waals surface area contributed by atoms with Crippen LogP contribution in [-0.2, 0) is 0 Å². The van der Waals surface area contributed by atoms with Crippen molar-refractivity contribution in [2.24, 2.45) is 16.6 Å². The smallest absolute Gasteiger partial charge is 0.193 e. The SMILES string of the molecule is COc1ccc(NC(N)=NCC2CCN(c3ccc(Br)cc3)C2)cc1OC. The quantitative estimate of drug-likeness (QED) is 0.537. The Balaban J connectivity index is 1.54. The summed E-state index contributed by atoms with van der Waals surface area (Å²) in [5.41, 5.74) is 8.12. The first-order chi connectivity index (χ1) is 13.1. The molecule has 1 fully saturated rings. The minimum atomic E-state index is 0.407. The molecule has 1 aliphatic rings. The number of aliphatic imine (C=N–C) groups is 1. The van der Waals surface area contributed by atoms with Gasteiger partial charge in [0.05, 0.1) is 14.2 Å². The van der Waals surface area contributed by atoms with Gasteiger partial charge >= 0.3 is 0 Å². The lowest BCUT2D eigenvalue weighted by Gasteiger charge is -2.18. The number of benzene rings is 2. The molecule has 3 rings (SSSR count). The molecule has 1 heterocycles. The van der Waals surface area contributed by atoms with Crippen LogP contribution in [0.15, 0.2) is 51.9 Å². The molecule has 0 radical (unpaired) electrons. The van der Waals surface area contributed by atoms with Gasteiger partial charge in [-0.2, -0.15) is 0 Å². The van der Waals surface area contributed by atoms with Gasteiger partial charge in [-0.25, -0.2) is 0 Å². The number of nitrogens with two attached hydrogens (primary N) is 1. The standard InChI is InChI=1S/C20H25BrN4O2/c1-26-18-8-5-16(11-19(18)27-2)24-20(22)23-12-14-9-10-25(13-14)17-6-3-15(21)4-7-17/h3-8,11,14H,9-10,12-13H2,1-2H3,(H3,22,23,24). The zero-order valence-corrected chi connectivity index (χ0v) is 17.2. The summed E-state index contributed by atoms with van der Waals surface area (Å²) in [6.45, 7) is 2.75. The van der Waals surface area contributed by atoms with E-state index in [0.29, 0.717) is 29.9 Å². The molecule has 1 saturated heterocycles. The maximum atomic E-state index is 6.06. The molecule has 1 aliphatic heterocycles. The summed E-state index contributed by atoms with van der Waals surface area (Å²) in [5.74, 6) is 2.23. The van der Waals surface area contributed by atoms with Crippen LogP contribution >= 0.6 is 15.9 Å². The molecule has 1 atom stereocenters. The fourth-order valence-corrected chi connectivity index (χ4v) is 3.46. The molecule has 0 aliphatic carbocycles. The fraction of sp³-hybridized carbons (Fsp3) is 0.350. The Labute approximate surface area is 168 Å². The number of guanidine groups is 1. The molecular weight excluding hydrogens is 408 g/mol. The lowest BCUT2D eigenvalue weighted by atomic mass is 10.1. The van der Waals surface area contributed by atoms with Gasteiger partial charge in [0.1, 0.15) is 0 Å². The molecule has 7 heteroatoms. The third-order valence-corrected chi connectivity index (χ3v) is 5.18. The van der Waals surface area contributed by atoms with Crippen LogP contribution in [0.5, 0.6) is 11.5 Å². The lowest BCUT2D eigenvalue weighted by molar-refractivity contribution is 0.355. The first-order valence-electron chi connectivity index (χ1n) is 8.88. The van der Waals surface area contributed by atoms with Crippen LogP contribution in [0, 0.1) is 5.92 Å². The minimum Gasteiger partial charge on any atom is -0.493 e. The zero-order chi connectivity index (χ0) is 19.2. The van der Waals surface area contributed by atoms with Gasteiger partial charge < -0.3 is 25.4 Å². The van der Waals surface area contributed by atoms with Crippen LogP contribution in [0.4, 0.5) is 11.4 Å². The number of rotatable bonds is 6. The topological polar surface area (TPSA) is 72.1 Å². The van der Waals surface area contributed by atoms with Crippen molar-refractivity contribution in [3.8, 4) is 11.5 Å². The van der Waals surface area contributed by atoms with E-state index in [4.69, 9.17) is 15.2 Å². The first kappa shape index (κ1) is 19.4. The Hall–Kier alpha value is -2.41. The molecule has 1 unspecified atom stereocenters. The van der Waals surface area contributed by atoms with Crippen molar-refractivity contribution in [3.05, 3.63) is 46.9 Å². The van der Waals surface area contributed by atoms with Crippen molar-refractivity contribution in [1.82, 2.24) is 0 Å². The molecule has 3 N–H and O–H groups in total. The van der Waals surface area contributed by atoms with Crippen molar-refractivity contribution in [2.75, 3.05) is 44.1 Å². The van der Waals surface area contributed by atoms with Gasteiger partial charge in [-0.3, -0.25) is 4.99 Å². The molecule has 0 saturated carbocycles. The molecule has 27 heavy (non-hydrogen) atoms. The van der Waals surface area contributed by atoms with E-state index in [2.05, 4.69) is 55.4 Å². The highest BCUT2D eigenvalue weighted by Crippen LogP contribution is 2.29. The van der Waals surface area contributed by atoms with E-state index < -0.39 is 0 Å². The molecule has 2 aromatic carbocycles. The molecule has 0 spiro atoms. The number of ether oxygens (including phenoxy) is 2. The van der Waals surface area contributed by atoms with Crippen LogP contribution in [0.3, 0.4) is 0 Å². The van der Waals surface area contributed by atoms with Gasteiger partial charge in [-0.15, -0.1) is 0 Å². The summed E-state index contributed by atoms with van der Waals surface area (Å²) < 4.78 is 11.6. The Kier molecular flexibility index (Phi) is 6.45. The monoisotopic (exact) mass is 432 g/mol. The molecule has 2 aromatic rings. The summed E-state index contributed by atoms with van der Waals surface area (Å²) in [4.78, 5) is 6.91. The molecular formula is C20H25BrN4O2. The molecule has 6 nitrogen and oxygen atoms in total. The summed E-state index contributed by atoms with van der Waals surface area (Å²) in [5, 5.41) is 3.11. The summed E-state index contributed by atoms with van der Waals surface area (Å²) in [7, 11) is 3.22. The first-order valence-corrected chi connectivity index (χ1v) is 9.68. The van der Waals surface area contributed by atoms with E-state index in [-0.39, 0.29) is 0 Å². The summed E-state index contributed by atoms with van der Waals surface area (Å²) in [6, 6.07) is 14.0. The van der Waals surface area contributed by atoms with Crippen molar-refractivity contribution < 1.29 is 9.47 Å². The number of nitrogens with one attached hydrogen (secondary N) is 1. The van der Waals surface area contributed by atoms with Crippen LogP contribution in [0.1, 0.15) is 6.42 Å². The highest BCUT2D eigenvalue weighted by Gasteiger charge is 2.22. The fourth-order valence-electron chi connectivity index (χ4n) is 3.20. The van der Waals surface area contributed by atoms with Gasteiger partial charge in [0, 0.05) is 41.5 Å². The van der Waals surface area contributed by atoms with E-state index in [9.17, 15) is 0 Å². The number of hydrogen-bond donors (Lipinski definition) is 2. The number of hydrogen-bond acceptors (Lipinski definition) is 4. The van der Waals surface area contributed by atoms with Crippen molar-refractivity contribution in [2.45, 2.75) is 6.42 Å². The van der Waals surface area contributed by atoms with E-state index in [1.54, 1.807) is 14.2 Å². The van der Waals surface area contributed by atoms with Gasteiger partial charge in [0.25, 0.3) is 0 Å². The third-order valence-electron chi connectivity index (χ3n) is 4.65. The van der Waals surface area contributed by atoms with Gasteiger partial charge in [0.2, 0.25) is 0 Å². The Morgan fingerprint density at radius 2 is 1.93 bits per heavy atom. The van der Waals surface area contributed by atoms with Crippen molar-refractivity contribution >= 4 is 33.3 Å². The van der Waals surface area contributed by atoms with Crippen LogP contribution in [0.2, 0.25) is 0 Å². The number of methoxy groups -OCH3 is 2. The molecule has 0 bridgehead atoms. The largest absolute Gasteiger partial charge is 0.493 e. The average molecular weight is 433 g/mol. The maximum Gasteiger partial charge on any atom is 0.193 e. The highest BCUT2D eigenvalue weighted by molar-refractivity contribution is 9.10. The number of halogens is 1. The van der Waals surface area contributed by atoms with E-state index in [0.717, 1.165) is 29.7 Å². The van der Waals surface area contributed by atoms with E-state index in [1.165, 1.54) is 5.69 Å². The van der Waals surface area contributed by atoms with Crippen molar-refractivity contribution in [1.29, 1.82) is 0 Å². The van der Waals surface area contributed by atoms with Gasteiger partial charge in [-0.05, 0) is 48.7 Å². The average Bonchev–Trinajstić information content (AvgIpc) is 3.16. The minimum absolute atomic E-state index is 0.407. The third kappa shape index (κ3) is 5.07. The Morgan fingerprint density at radius 1 is 1.19 bits per heavy atom. The second-order valence-corrected chi connectivity index (χ2v) is 7.41. The number of anilines is 2. The second-order valence-electron chi connectivity index (χ2n) is 6.50. The van der Waals surface area contributed by atoms with Gasteiger partial charge in [0.15, 0.2) is 17.5 Å². The Bertz CT molecular complexity index is 795. The van der Waals surface area contributed by atoms with E-state index in [1.807, 2.05) is 18.2 Å². The van der Waals surface area contributed by atoms with Crippen LogP contribution in [-0.4, -0.2) is 39.8 Å². The normalized spacial score (nSPS) is 17.1. The van der Waals surface area contributed by atoms with Crippen LogP contribution < -0.4 is 25.4 Å². The zero-order valence-electron chi connectivity index (χ0n) is 15.6. The Morgan fingerprint density at radius 3 is 2.63 bits per heavy atom. The second kappa shape index (κ2) is 8.99. The molecule has 0 aromatic heterocycles. The molecule has 144 valence electrons. The summed E-state index contributed by atoms with van der Waals surface area (Å²) in [6.07, 6.45) is 1.11. The van der Waals surface area contributed by atoms with Crippen LogP contribution in [0.25, 0.3) is 0 Å². The number of nitrogens with zero attached hydrogens (tertiary/aromatic N) is 2. The predicted molar refractivity (Wildman–Crippen MR) is 114 cm³/mol. The lowest BCUT2D eigenvalue weighted by Crippen LogP contribution is -2.25.